The van der Waals surface area contributed by atoms with Crippen LogP contribution in [-0.4, -0.2) is 59.8 Å². The Balaban J connectivity index is 0.955. The van der Waals surface area contributed by atoms with Gasteiger partial charge in [0.25, 0.3) is 0 Å². The van der Waals surface area contributed by atoms with Crippen LogP contribution in [-0.2, 0) is 19.3 Å². The van der Waals surface area contributed by atoms with Crippen molar-refractivity contribution in [3.05, 3.63) is 101 Å². The van der Waals surface area contributed by atoms with E-state index in [1.807, 2.05) is 18.3 Å². The van der Waals surface area contributed by atoms with Gasteiger partial charge in [0.1, 0.15) is 23.3 Å². The summed E-state index contributed by atoms with van der Waals surface area (Å²) in [5.74, 6) is 1.32. The fraction of sp³-hybridized carbons (Fsp3) is 0.303. The van der Waals surface area contributed by atoms with E-state index >= 15 is 0 Å². The Hall–Kier alpha value is -4.84. The Morgan fingerprint density at radius 1 is 0.933 bits per heavy atom. The molecule has 1 fully saturated rings. The molecular formula is C33H32F3N5O4. The van der Waals surface area contributed by atoms with E-state index in [-0.39, 0.29) is 5.43 Å². The topological polar surface area (TPSA) is 85.9 Å². The number of benzene rings is 3. The van der Waals surface area contributed by atoms with Crippen LogP contribution in [0.3, 0.4) is 0 Å². The normalized spacial score (nSPS) is 14.2. The molecule has 1 saturated heterocycles. The van der Waals surface area contributed by atoms with E-state index in [1.54, 1.807) is 42.1 Å². The highest BCUT2D eigenvalue weighted by molar-refractivity contribution is 5.82. The van der Waals surface area contributed by atoms with Gasteiger partial charge in [0, 0.05) is 63.6 Å². The van der Waals surface area contributed by atoms with E-state index in [0.717, 1.165) is 55.3 Å². The number of anilines is 1. The summed E-state index contributed by atoms with van der Waals surface area (Å²) in [6.45, 7) is 4.72. The zero-order valence-corrected chi connectivity index (χ0v) is 24.7. The van der Waals surface area contributed by atoms with Gasteiger partial charge in [-0.3, -0.25) is 14.4 Å². The minimum Gasteiger partial charge on any atom is -0.497 e. The number of fused-ring (bicyclic) bond motifs is 1. The first kappa shape index (κ1) is 30.2. The van der Waals surface area contributed by atoms with Crippen LogP contribution in [0.5, 0.6) is 11.5 Å². The van der Waals surface area contributed by atoms with Crippen LogP contribution >= 0.6 is 0 Å². The highest BCUT2D eigenvalue weighted by Gasteiger charge is 2.30. The summed E-state index contributed by atoms with van der Waals surface area (Å²) in [7, 11) is 1.59. The minimum atomic E-state index is -4.33. The number of hydrogen-bond acceptors (Lipinski definition) is 8. The quantitative estimate of drug-likeness (QED) is 0.180. The van der Waals surface area contributed by atoms with Crippen LogP contribution in [0.2, 0.25) is 0 Å². The number of nitrogens with zero attached hydrogens (tertiary/aromatic N) is 5. The van der Waals surface area contributed by atoms with E-state index in [4.69, 9.17) is 13.9 Å². The Morgan fingerprint density at radius 3 is 2.38 bits per heavy atom. The van der Waals surface area contributed by atoms with Crippen LogP contribution < -0.4 is 19.8 Å². The van der Waals surface area contributed by atoms with Gasteiger partial charge in [-0.15, -0.1) is 5.10 Å². The molecule has 3 heterocycles. The molecule has 234 valence electrons. The molecule has 5 aromatic rings. The molecule has 9 nitrogen and oxygen atoms in total. The smallest absolute Gasteiger partial charge is 0.416 e. The molecule has 3 aromatic carbocycles. The average molecular weight is 620 g/mol. The third-order valence-electron chi connectivity index (χ3n) is 7.85. The first-order valence-electron chi connectivity index (χ1n) is 14.6. The summed E-state index contributed by atoms with van der Waals surface area (Å²) in [6.07, 6.45) is -0.234. The predicted molar refractivity (Wildman–Crippen MR) is 164 cm³/mol. The lowest BCUT2D eigenvalue weighted by atomic mass is 10.1. The number of halogens is 3. The van der Waals surface area contributed by atoms with Crippen molar-refractivity contribution in [1.82, 2.24) is 19.9 Å². The highest BCUT2D eigenvalue weighted by Crippen LogP contribution is 2.31. The monoisotopic (exact) mass is 619 g/mol. The van der Waals surface area contributed by atoms with Gasteiger partial charge in [-0.25, -0.2) is 0 Å². The number of methoxy groups -OCH3 is 1. The van der Waals surface area contributed by atoms with Gasteiger partial charge in [0.05, 0.1) is 35.9 Å². The third kappa shape index (κ3) is 7.12. The van der Waals surface area contributed by atoms with Crippen LogP contribution in [0.4, 0.5) is 18.9 Å². The maximum absolute atomic E-state index is 13.1. The molecule has 0 radical (unpaired) electrons. The average Bonchev–Trinajstić information content (AvgIpc) is 3.50. The zero-order chi connectivity index (χ0) is 31.4. The summed E-state index contributed by atoms with van der Waals surface area (Å²) in [4.78, 5) is 17.4. The van der Waals surface area contributed by atoms with E-state index in [0.29, 0.717) is 54.1 Å². The second-order valence-electron chi connectivity index (χ2n) is 10.8. The van der Waals surface area contributed by atoms with Gasteiger partial charge in [0.15, 0.2) is 5.43 Å². The van der Waals surface area contributed by atoms with Crippen molar-refractivity contribution in [3.8, 4) is 22.6 Å². The largest absolute Gasteiger partial charge is 0.497 e. The van der Waals surface area contributed by atoms with Crippen LogP contribution in [0.15, 0.2) is 88.4 Å². The molecule has 12 heteroatoms. The Morgan fingerprint density at radius 2 is 1.67 bits per heavy atom. The molecule has 0 atom stereocenters. The molecule has 45 heavy (non-hydrogen) atoms. The van der Waals surface area contributed by atoms with Crippen LogP contribution in [0.1, 0.15) is 17.7 Å². The molecule has 0 N–H and O–H groups in total. The van der Waals surface area contributed by atoms with Crippen molar-refractivity contribution in [2.24, 2.45) is 0 Å². The Labute approximate surface area is 257 Å². The molecule has 0 unspecified atom stereocenters. The predicted octanol–water partition coefficient (Wildman–Crippen LogP) is 5.87. The molecule has 0 spiro atoms. The van der Waals surface area contributed by atoms with Crippen molar-refractivity contribution in [2.75, 3.05) is 44.8 Å². The standard InChI is InChI=1S/C33H32F3N5O4/c1-43-27-9-3-23(4-10-27)30-22-45-31-19-28(11-12-29(31)32(30)42)44-18-2-13-41-21-25(37-38-41)20-39-14-16-40(17-15-39)26-7-5-24(6-8-26)33(34,35)36/h3-12,19,21-22H,2,13-18,20H2,1H3. The Kier molecular flexibility index (Phi) is 8.74. The summed E-state index contributed by atoms with van der Waals surface area (Å²) in [5, 5.41) is 9.01. The van der Waals surface area contributed by atoms with E-state index < -0.39 is 11.7 Å². The molecular weight excluding hydrogens is 587 g/mol. The van der Waals surface area contributed by atoms with Crippen LogP contribution in [0, 0.1) is 0 Å². The molecule has 0 saturated carbocycles. The van der Waals surface area contributed by atoms with Gasteiger partial charge >= 0.3 is 6.18 Å². The Bertz CT molecular complexity index is 1790. The highest BCUT2D eigenvalue weighted by atomic mass is 19.4. The lowest BCUT2D eigenvalue weighted by Gasteiger charge is -2.35. The van der Waals surface area contributed by atoms with Gasteiger partial charge in [-0.2, -0.15) is 13.2 Å². The summed E-state index contributed by atoms with van der Waals surface area (Å²) >= 11 is 0. The van der Waals surface area contributed by atoms with E-state index in [2.05, 4.69) is 20.1 Å². The first-order valence-corrected chi connectivity index (χ1v) is 14.6. The molecule has 0 aliphatic carbocycles. The van der Waals surface area contributed by atoms with Gasteiger partial charge in [-0.05, 0) is 54.1 Å². The fourth-order valence-corrected chi connectivity index (χ4v) is 5.36. The maximum Gasteiger partial charge on any atom is 0.416 e. The SMILES string of the molecule is COc1ccc(-c2coc3cc(OCCCn4cc(CN5CCN(c6ccc(C(F)(F)F)cc6)CC5)nn4)ccc3c2=O)cc1. The molecule has 0 bridgehead atoms. The van der Waals surface area contributed by atoms with E-state index in [1.165, 1.54) is 18.4 Å². The lowest BCUT2D eigenvalue weighted by Crippen LogP contribution is -2.46. The van der Waals surface area contributed by atoms with Gasteiger partial charge < -0.3 is 18.8 Å². The number of aryl methyl sites for hydroxylation is 1. The molecule has 2 aromatic heterocycles. The summed E-state index contributed by atoms with van der Waals surface area (Å²) < 4.78 is 57.2. The van der Waals surface area contributed by atoms with Crippen molar-refractivity contribution in [2.45, 2.75) is 25.7 Å². The van der Waals surface area contributed by atoms with Crippen molar-refractivity contribution in [3.63, 3.8) is 0 Å². The number of alkyl halides is 3. The third-order valence-corrected chi connectivity index (χ3v) is 7.85. The fourth-order valence-electron chi connectivity index (χ4n) is 5.36. The minimum absolute atomic E-state index is 0.115. The lowest BCUT2D eigenvalue weighted by molar-refractivity contribution is -0.137. The summed E-state index contributed by atoms with van der Waals surface area (Å²) in [5.41, 5.74) is 2.59. The van der Waals surface area contributed by atoms with Crippen molar-refractivity contribution < 1.29 is 27.1 Å². The van der Waals surface area contributed by atoms with Gasteiger partial charge in [0.2, 0.25) is 0 Å². The number of piperazine rings is 1. The number of aromatic nitrogens is 3. The number of hydrogen-bond donors (Lipinski definition) is 0. The van der Waals surface area contributed by atoms with Gasteiger partial charge in [-0.1, -0.05) is 17.3 Å². The van der Waals surface area contributed by atoms with E-state index in [9.17, 15) is 18.0 Å². The second kappa shape index (κ2) is 13.0. The van der Waals surface area contributed by atoms with Crippen molar-refractivity contribution in [1.29, 1.82) is 0 Å². The zero-order valence-electron chi connectivity index (χ0n) is 24.7. The van der Waals surface area contributed by atoms with Crippen molar-refractivity contribution >= 4 is 16.7 Å². The molecule has 1 aliphatic heterocycles. The number of rotatable bonds is 10. The molecule has 1 aliphatic rings. The summed E-state index contributed by atoms with van der Waals surface area (Å²) in [6, 6.07) is 17.8. The molecule has 0 amide bonds. The number of ether oxygens (including phenoxy) is 2. The second-order valence-corrected chi connectivity index (χ2v) is 10.8. The van der Waals surface area contributed by atoms with Crippen LogP contribution in [0.25, 0.3) is 22.1 Å². The maximum atomic E-state index is 13.1. The first-order chi connectivity index (χ1) is 21.8. The molecule has 6 rings (SSSR count).